The summed E-state index contributed by atoms with van der Waals surface area (Å²) in [7, 11) is 1.72. The summed E-state index contributed by atoms with van der Waals surface area (Å²) in [6.45, 7) is -0.235. The monoisotopic (exact) mass is 393 g/mol. The van der Waals surface area contributed by atoms with Gasteiger partial charge in [0.15, 0.2) is 16.6 Å². The first-order valence-electron chi connectivity index (χ1n) is 8.30. The highest BCUT2D eigenvalue weighted by Crippen LogP contribution is 2.29. The molecular weight excluding hydrogens is 372 g/mol. The van der Waals surface area contributed by atoms with Gasteiger partial charge in [0, 0.05) is 13.6 Å². The average molecular weight is 393 g/mol. The number of benzene rings is 2. The maximum Gasteiger partial charge on any atom is 0.387 e. The first kappa shape index (κ1) is 20.6. The van der Waals surface area contributed by atoms with Gasteiger partial charge in [0.2, 0.25) is 0 Å². The van der Waals surface area contributed by atoms with E-state index in [1.165, 1.54) is 11.1 Å². The second kappa shape index (κ2) is 10.4. The third kappa shape index (κ3) is 6.82. The number of alkyl halides is 2. The predicted octanol–water partition coefficient (Wildman–Crippen LogP) is 4.03. The summed E-state index contributed by atoms with van der Waals surface area (Å²) < 4.78 is 34.7. The fraction of sp³-hybridized carbons (Fsp3) is 0.263. The molecule has 0 amide bonds. The molecule has 2 aromatic carbocycles. The van der Waals surface area contributed by atoms with Crippen LogP contribution in [-0.4, -0.2) is 36.6 Å². The van der Waals surface area contributed by atoms with Gasteiger partial charge >= 0.3 is 6.61 Å². The summed E-state index contributed by atoms with van der Waals surface area (Å²) in [5, 5.41) is 9.34. The van der Waals surface area contributed by atoms with Crippen molar-refractivity contribution in [3.05, 3.63) is 59.7 Å². The highest BCUT2D eigenvalue weighted by molar-refractivity contribution is 7.80. The molecule has 8 heteroatoms. The summed E-state index contributed by atoms with van der Waals surface area (Å²) in [4.78, 5) is 0. The van der Waals surface area contributed by atoms with Gasteiger partial charge in [-0.25, -0.2) is 5.01 Å². The fourth-order valence-electron chi connectivity index (χ4n) is 2.16. The highest BCUT2D eigenvalue weighted by atomic mass is 32.1. The molecule has 0 heterocycles. The van der Waals surface area contributed by atoms with Crippen molar-refractivity contribution in [1.82, 2.24) is 10.3 Å². The number of nitrogens with one attached hydrogen (secondary N) is 1. The number of hydrogen-bond donors (Lipinski definition) is 1. The largest absolute Gasteiger partial charge is 0.490 e. The smallest absolute Gasteiger partial charge is 0.387 e. The summed E-state index contributed by atoms with van der Waals surface area (Å²) in [5.74, 6) is 0.214. The SMILES string of the molecule is CCOc1cc(/C=N\N(C)C(=S)NCc2ccccc2)ccc1OC(F)F. The zero-order chi connectivity index (χ0) is 19.6. The minimum atomic E-state index is -2.91. The molecule has 0 radical (unpaired) electrons. The Hall–Kier alpha value is -2.74. The molecule has 2 aromatic rings. The summed E-state index contributed by atoms with van der Waals surface area (Å²) in [5.41, 5.74) is 1.77. The van der Waals surface area contributed by atoms with E-state index in [9.17, 15) is 8.78 Å². The molecule has 0 spiro atoms. The maximum absolute atomic E-state index is 12.4. The molecule has 0 bridgehead atoms. The van der Waals surface area contributed by atoms with Gasteiger partial charge in [-0.1, -0.05) is 30.3 Å². The van der Waals surface area contributed by atoms with Gasteiger partial charge in [-0.2, -0.15) is 13.9 Å². The standard InChI is InChI=1S/C19H21F2N3O2S/c1-3-25-17-11-15(9-10-16(17)26-18(20)21)13-23-24(2)19(27)22-12-14-7-5-4-6-8-14/h4-11,13,18H,3,12H2,1-2H3,(H,22,27)/b23-13-. The number of ether oxygens (including phenoxy) is 2. The van der Waals surface area contributed by atoms with Crippen molar-refractivity contribution in [2.45, 2.75) is 20.1 Å². The topological polar surface area (TPSA) is 46.1 Å². The summed E-state index contributed by atoms with van der Waals surface area (Å²) in [6, 6.07) is 14.5. The fourth-order valence-corrected chi connectivity index (χ4v) is 2.28. The van der Waals surface area contributed by atoms with Gasteiger partial charge in [-0.05, 0) is 48.5 Å². The molecule has 0 atom stereocenters. The molecule has 27 heavy (non-hydrogen) atoms. The maximum atomic E-state index is 12.4. The van der Waals surface area contributed by atoms with E-state index in [0.717, 1.165) is 5.56 Å². The number of hydrogen-bond acceptors (Lipinski definition) is 4. The lowest BCUT2D eigenvalue weighted by Gasteiger charge is -2.16. The molecule has 5 nitrogen and oxygen atoms in total. The average Bonchev–Trinajstić information content (AvgIpc) is 2.66. The van der Waals surface area contributed by atoms with E-state index in [-0.39, 0.29) is 11.5 Å². The third-order valence-corrected chi connectivity index (χ3v) is 3.85. The van der Waals surface area contributed by atoms with Crippen molar-refractivity contribution < 1.29 is 18.3 Å². The third-order valence-electron chi connectivity index (χ3n) is 3.44. The second-order valence-corrected chi connectivity index (χ2v) is 5.82. The van der Waals surface area contributed by atoms with E-state index in [4.69, 9.17) is 17.0 Å². The Bertz CT molecular complexity index is 773. The first-order valence-corrected chi connectivity index (χ1v) is 8.71. The van der Waals surface area contributed by atoms with Gasteiger partial charge in [-0.3, -0.25) is 0 Å². The van der Waals surface area contributed by atoms with Crippen molar-refractivity contribution in [3.8, 4) is 11.5 Å². The van der Waals surface area contributed by atoms with Crippen LogP contribution in [0, 0.1) is 0 Å². The molecule has 144 valence electrons. The zero-order valence-electron chi connectivity index (χ0n) is 15.1. The van der Waals surface area contributed by atoms with Crippen molar-refractivity contribution in [1.29, 1.82) is 0 Å². The quantitative estimate of drug-likeness (QED) is 0.417. The van der Waals surface area contributed by atoms with Gasteiger partial charge in [0.25, 0.3) is 0 Å². The van der Waals surface area contributed by atoms with Gasteiger partial charge in [0.1, 0.15) is 0 Å². The van der Waals surface area contributed by atoms with Crippen LogP contribution >= 0.6 is 12.2 Å². The van der Waals surface area contributed by atoms with E-state index in [1.807, 2.05) is 30.3 Å². The Morgan fingerprint density at radius 3 is 2.63 bits per heavy atom. The molecule has 0 aliphatic rings. The van der Waals surface area contributed by atoms with Gasteiger partial charge < -0.3 is 14.8 Å². The van der Waals surface area contributed by atoms with Crippen LogP contribution in [-0.2, 0) is 6.54 Å². The van der Waals surface area contributed by atoms with Crippen LogP contribution in [0.5, 0.6) is 11.5 Å². The van der Waals surface area contributed by atoms with Crippen molar-refractivity contribution in [2.24, 2.45) is 5.10 Å². The normalized spacial score (nSPS) is 10.9. The van der Waals surface area contributed by atoms with Crippen molar-refractivity contribution in [3.63, 3.8) is 0 Å². The van der Waals surface area contributed by atoms with Gasteiger partial charge in [0.05, 0.1) is 12.8 Å². The van der Waals surface area contributed by atoms with Crippen LogP contribution in [0.25, 0.3) is 0 Å². The van der Waals surface area contributed by atoms with Crippen LogP contribution in [0.3, 0.4) is 0 Å². The molecule has 0 saturated carbocycles. The molecule has 0 unspecified atom stereocenters. The molecule has 0 fully saturated rings. The number of nitrogens with zero attached hydrogens (tertiary/aromatic N) is 2. The lowest BCUT2D eigenvalue weighted by Crippen LogP contribution is -2.33. The molecule has 2 rings (SSSR count). The summed E-state index contributed by atoms with van der Waals surface area (Å²) in [6.07, 6.45) is 1.56. The minimum Gasteiger partial charge on any atom is -0.490 e. The summed E-state index contributed by atoms with van der Waals surface area (Å²) >= 11 is 5.30. The number of thiocarbonyl (C=S) groups is 1. The van der Waals surface area contributed by atoms with Crippen molar-refractivity contribution >= 4 is 23.5 Å². The number of rotatable bonds is 8. The highest BCUT2D eigenvalue weighted by Gasteiger charge is 2.11. The Balaban J connectivity index is 1.98. The van der Waals surface area contributed by atoms with E-state index >= 15 is 0 Å². The van der Waals surface area contributed by atoms with E-state index in [1.54, 1.807) is 32.3 Å². The molecule has 0 aliphatic carbocycles. The molecule has 0 saturated heterocycles. The lowest BCUT2D eigenvalue weighted by atomic mass is 10.2. The minimum absolute atomic E-state index is 0.0163. The number of halogens is 2. The Labute approximate surface area is 162 Å². The van der Waals surface area contributed by atoms with Crippen LogP contribution in [0.4, 0.5) is 8.78 Å². The molecular formula is C19H21F2N3O2S. The molecule has 0 aromatic heterocycles. The van der Waals surface area contributed by atoms with E-state index < -0.39 is 6.61 Å². The van der Waals surface area contributed by atoms with Crippen molar-refractivity contribution in [2.75, 3.05) is 13.7 Å². The second-order valence-electron chi connectivity index (χ2n) is 5.43. The lowest BCUT2D eigenvalue weighted by molar-refractivity contribution is -0.0514. The van der Waals surface area contributed by atoms with Crippen LogP contribution in [0.2, 0.25) is 0 Å². The van der Waals surface area contributed by atoms with Crippen LogP contribution in [0.15, 0.2) is 53.6 Å². The van der Waals surface area contributed by atoms with Crippen LogP contribution < -0.4 is 14.8 Å². The zero-order valence-corrected chi connectivity index (χ0v) is 15.9. The Kier molecular flexibility index (Phi) is 7.94. The first-order chi connectivity index (χ1) is 13.0. The van der Waals surface area contributed by atoms with Crippen LogP contribution in [0.1, 0.15) is 18.1 Å². The van der Waals surface area contributed by atoms with E-state index in [0.29, 0.717) is 23.8 Å². The number of hydrazone groups is 1. The Morgan fingerprint density at radius 2 is 1.96 bits per heavy atom. The predicted molar refractivity (Wildman–Crippen MR) is 105 cm³/mol. The molecule has 1 N–H and O–H groups in total. The molecule has 0 aliphatic heterocycles. The van der Waals surface area contributed by atoms with E-state index in [2.05, 4.69) is 15.2 Å². The Morgan fingerprint density at radius 1 is 1.22 bits per heavy atom. The van der Waals surface area contributed by atoms with Gasteiger partial charge in [-0.15, -0.1) is 0 Å².